The molecule has 1 nitrogen and oxygen atoms in total. The number of aliphatic hydroxyl groups is 1. The highest BCUT2D eigenvalue weighted by Gasteiger charge is 2.38. The Bertz CT molecular complexity index is 579. The Balaban J connectivity index is 2.26. The Morgan fingerprint density at radius 2 is 1.42 bits per heavy atom. The van der Waals surface area contributed by atoms with Gasteiger partial charge < -0.3 is 5.11 Å². The van der Waals surface area contributed by atoms with Gasteiger partial charge in [0.25, 0.3) is 0 Å². The van der Waals surface area contributed by atoms with Crippen LogP contribution in [0, 0.1) is 0 Å². The Hall–Kier alpha value is -1.38. The second kappa shape index (κ2) is 9.19. The summed E-state index contributed by atoms with van der Waals surface area (Å²) in [5, 5.41) is 12.5. The first-order valence-electron chi connectivity index (χ1n) is 9.36. The first-order chi connectivity index (χ1) is 11.6. The van der Waals surface area contributed by atoms with E-state index in [4.69, 9.17) is 0 Å². The van der Waals surface area contributed by atoms with Gasteiger partial charge >= 0.3 is 0 Å². The third-order valence-corrected chi connectivity index (χ3v) is 9.29. The summed E-state index contributed by atoms with van der Waals surface area (Å²) in [5.74, 6) is 0. The molecule has 2 heteroatoms. The highest BCUT2D eigenvalue weighted by molar-refractivity contribution is 6.91. The minimum absolute atomic E-state index is 0.239. The van der Waals surface area contributed by atoms with E-state index in [0.717, 1.165) is 12.8 Å². The lowest BCUT2D eigenvalue weighted by atomic mass is 10.0. The number of rotatable bonds is 9. The van der Waals surface area contributed by atoms with Crippen molar-refractivity contribution in [3.63, 3.8) is 0 Å². The lowest BCUT2D eigenvalue weighted by Crippen LogP contribution is -2.51. The van der Waals surface area contributed by atoms with E-state index in [9.17, 15) is 5.11 Å². The van der Waals surface area contributed by atoms with Gasteiger partial charge in [-0.2, -0.15) is 0 Å². The summed E-state index contributed by atoms with van der Waals surface area (Å²) < 4.78 is 0. The van der Waals surface area contributed by atoms with Crippen LogP contribution in [0.5, 0.6) is 0 Å². The maximum atomic E-state index is 11.1. The number of aliphatic hydroxyl groups excluding tert-OH is 1. The van der Waals surface area contributed by atoms with Crippen molar-refractivity contribution in [1.82, 2.24) is 0 Å². The number of unbranched alkanes of at least 4 members (excludes halogenated alkanes) is 3. The van der Waals surface area contributed by atoms with Gasteiger partial charge in [-0.3, -0.25) is 0 Å². The lowest BCUT2D eigenvalue weighted by Gasteiger charge is -2.37. The van der Waals surface area contributed by atoms with Gasteiger partial charge in [0.05, 0.1) is 14.2 Å². The van der Waals surface area contributed by atoms with E-state index in [-0.39, 0.29) is 11.6 Å². The monoisotopic (exact) mass is 340 g/mol. The average molecular weight is 341 g/mol. The number of benzene rings is 2. The van der Waals surface area contributed by atoms with Gasteiger partial charge in [0, 0.05) is 5.54 Å². The maximum Gasteiger partial charge on any atom is 0.0909 e. The van der Waals surface area contributed by atoms with Crippen molar-refractivity contribution < 1.29 is 5.11 Å². The fourth-order valence-corrected chi connectivity index (χ4v) is 7.34. The average Bonchev–Trinajstić information content (AvgIpc) is 2.60. The minimum atomic E-state index is -1.83. The van der Waals surface area contributed by atoms with Gasteiger partial charge in [-0.1, -0.05) is 112 Å². The van der Waals surface area contributed by atoms with Crippen molar-refractivity contribution in [3.05, 3.63) is 66.2 Å². The first-order valence-corrected chi connectivity index (χ1v) is 12.4. The van der Waals surface area contributed by atoms with Crippen LogP contribution < -0.4 is 5.19 Å². The molecular weight excluding hydrogens is 308 g/mol. The maximum absolute atomic E-state index is 11.1. The molecule has 1 N–H and O–H groups in total. The summed E-state index contributed by atoms with van der Waals surface area (Å²) in [6.45, 7) is 7.03. The molecule has 0 aliphatic rings. The molecule has 2 unspecified atom stereocenters. The topological polar surface area (TPSA) is 20.2 Å². The quantitative estimate of drug-likeness (QED) is 0.488. The second-order valence-corrected chi connectivity index (χ2v) is 12.0. The molecule has 130 valence electrons. The molecule has 0 aliphatic heterocycles. The summed E-state index contributed by atoms with van der Waals surface area (Å²) in [4.78, 5) is 0. The van der Waals surface area contributed by atoms with Crippen LogP contribution in [0.2, 0.25) is 13.1 Å². The highest BCUT2D eigenvalue weighted by atomic mass is 28.3. The summed E-state index contributed by atoms with van der Waals surface area (Å²) >= 11 is 0. The zero-order valence-corrected chi connectivity index (χ0v) is 16.4. The van der Waals surface area contributed by atoms with Crippen molar-refractivity contribution >= 4 is 13.3 Å². The van der Waals surface area contributed by atoms with Gasteiger partial charge in [0.15, 0.2) is 0 Å². The van der Waals surface area contributed by atoms with Crippen molar-refractivity contribution in [2.75, 3.05) is 0 Å². The molecule has 2 atom stereocenters. The highest BCUT2D eigenvalue weighted by Crippen LogP contribution is 2.32. The van der Waals surface area contributed by atoms with E-state index in [2.05, 4.69) is 80.7 Å². The van der Waals surface area contributed by atoms with E-state index in [1.165, 1.54) is 30.0 Å². The molecule has 0 saturated carbocycles. The Kier molecular flexibility index (Phi) is 7.26. The molecule has 0 aliphatic carbocycles. The zero-order valence-electron chi connectivity index (χ0n) is 15.4. The fourth-order valence-electron chi connectivity index (χ4n) is 3.77. The number of hydrogen-bond acceptors (Lipinski definition) is 1. The molecule has 0 saturated heterocycles. The zero-order chi connectivity index (χ0) is 17.4. The van der Waals surface area contributed by atoms with Crippen LogP contribution in [0.4, 0.5) is 0 Å². The summed E-state index contributed by atoms with van der Waals surface area (Å²) in [6.07, 6.45) is 5.50. The van der Waals surface area contributed by atoms with Crippen LogP contribution in [0.3, 0.4) is 0 Å². The molecule has 2 aromatic rings. The molecular formula is C22H32OSi. The van der Waals surface area contributed by atoms with Crippen LogP contribution in [-0.4, -0.2) is 19.3 Å². The van der Waals surface area contributed by atoms with Crippen LogP contribution in [0.1, 0.15) is 50.1 Å². The standard InChI is InChI=1S/C22H32OSi/c1-4-5-6-13-18-21(23)22(19-14-9-7-10-15-19)24(2,3)20-16-11-8-12-17-20/h7-12,14-17,21-23H,4-6,13,18H2,1-3H3. The molecule has 0 heterocycles. The Morgan fingerprint density at radius 3 is 2.00 bits per heavy atom. The molecule has 0 fully saturated rings. The third-order valence-electron chi connectivity index (χ3n) is 5.19. The largest absolute Gasteiger partial charge is 0.393 e. The molecule has 0 amide bonds. The van der Waals surface area contributed by atoms with E-state index >= 15 is 0 Å². The van der Waals surface area contributed by atoms with E-state index in [1.54, 1.807) is 0 Å². The summed E-state index contributed by atoms with van der Waals surface area (Å²) in [6, 6.07) is 21.5. The first kappa shape index (κ1) is 18.9. The number of hydrogen-bond donors (Lipinski definition) is 1. The summed E-state index contributed by atoms with van der Waals surface area (Å²) in [5.41, 5.74) is 1.53. The van der Waals surface area contributed by atoms with Crippen LogP contribution >= 0.6 is 0 Å². The van der Waals surface area contributed by atoms with Crippen LogP contribution in [0.15, 0.2) is 60.7 Å². The Morgan fingerprint density at radius 1 is 0.833 bits per heavy atom. The van der Waals surface area contributed by atoms with Gasteiger partial charge in [-0.05, 0) is 12.0 Å². The Labute approximate surface area is 148 Å². The molecule has 2 rings (SSSR count). The molecule has 24 heavy (non-hydrogen) atoms. The van der Waals surface area contributed by atoms with Crippen LogP contribution in [0.25, 0.3) is 0 Å². The molecule has 0 radical (unpaired) electrons. The van der Waals surface area contributed by atoms with Crippen LogP contribution in [-0.2, 0) is 0 Å². The normalized spacial score (nSPS) is 14.3. The fraction of sp³-hybridized carbons (Fsp3) is 0.455. The van der Waals surface area contributed by atoms with Gasteiger partial charge in [0.2, 0.25) is 0 Å². The van der Waals surface area contributed by atoms with Crippen molar-refractivity contribution in [1.29, 1.82) is 0 Å². The smallest absolute Gasteiger partial charge is 0.0909 e. The van der Waals surface area contributed by atoms with E-state index < -0.39 is 8.07 Å². The van der Waals surface area contributed by atoms with E-state index in [0.29, 0.717) is 0 Å². The van der Waals surface area contributed by atoms with Crippen molar-refractivity contribution in [2.45, 2.75) is 63.8 Å². The van der Waals surface area contributed by atoms with E-state index in [1.807, 2.05) is 0 Å². The van der Waals surface area contributed by atoms with Crippen molar-refractivity contribution in [3.8, 4) is 0 Å². The SMILES string of the molecule is CCCCCCC(O)C(c1ccccc1)[Si](C)(C)c1ccccc1. The minimum Gasteiger partial charge on any atom is -0.393 e. The van der Waals surface area contributed by atoms with Crippen molar-refractivity contribution in [2.24, 2.45) is 0 Å². The second-order valence-electron chi connectivity index (χ2n) is 7.39. The predicted octanol–water partition coefficient (Wildman–Crippen LogP) is 5.26. The van der Waals surface area contributed by atoms with Gasteiger partial charge in [0.1, 0.15) is 0 Å². The summed E-state index contributed by atoms with van der Waals surface area (Å²) in [7, 11) is -1.83. The predicted molar refractivity (Wildman–Crippen MR) is 108 cm³/mol. The molecule has 0 aromatic heterocycles. The molecule has 0 spiro atoms. The lowest BCUT2D eigenvalue weighted by molar-refractivity contribution is 0.152. The molecule has 2 aromatic carbocycles. The van der Waals surface area contributed by atoms with Gasteiger partial charge in [-0.25, -0.2) is 0 Å². The molecule has 0 bridgehead atoms. The van der Waals surface area contributed by atoms with Gasteiger partial charge in [-0.15, -0.1) is 0 Å². The third kappa shape index (κ3) is 4.81.